The topological polar surface area (TPSA) is 29.5 Å². The zero-order valence-electron chi connectivity index (χ0n) is 20.4. The van der Waals surface area contributed by atoms with Gasteiger partial charge in [-0.25, -0.2) is 22.4 Å². The molecule has 2 bridgehead atoms. The summed E-state index contributed by atoms with van der Waals surface area (Å²) in [6.45, 7) is 3.29. The number of ether oxygens (including phenoxy) is 1. The van der Waals surface area contributed by atoms with E-state index in [9.17, 15) is 22.4 Å². The summed E-state index contributed by atoms with van der Waals surface area (Å²) in [5.74, 6) is -4.81. The third-order valence-corrected chi connectivity index (χ3v) is 7.76. The van der Waals surface area contributed by atoms with Crippen molar-refractivity contribution in [1.82, 2.24) is 0 Å². The van der Waals surface area contributed by atoms with Crippen LogP contribution in [-0.4, -0.2) is 42.9 Å². The molecule has 3 heterocycles. The van der Waals surface area contributed by atoms with Crippen molar-refractivity contribution >= 4 is 11.8 Å². The SMILES string of the molecule is O=C(OC1C[N+]2(CCc3ccccc3)CCC1CC2)N(Cc1cc(F)c(F)c(F)c1)c1ccccc1F. The normalized spacial score (nSPS) is 22.6. The number of quaternary nitrogens is 1. The van der Waals surface area contributed by atoms with Crippen molar-refractivity contribution in [3.63, 3.8) is 0 Å². The Balaban J connectivity index is 1.34. The zero-order valence-corrected chi connectivity index (χ0v) is 20.4. The van der Waals surface area contributed by atoms with E-state index >= 15 is 0 Å². The summed E-state index contributed by atoms with van der Waals surface area (Å²) in [5.41, 5.74) is 1.17. The highest BCUT2D eigenvalue weighted by molar-refractivity contribution is 5.87. The number of anilines is 1. The lowest BCUT2D eigenvalue weighted by molar-refractivity contribution is -0.945. The standard InChI is InChI=1S/C29H29F4N2O2/c30-23-8-4-5-9-26(23)34(18-21-16-24(31)28(33)25(32)17-21)29(36)37-27-19-35(14-11-22(27)12-15-35)13-10-20-6-2-1-3-7-20/h1-9,16-17,22,27H,10-15,18-19H2/q+1. The molecule has 1 amide bonds. The van der Waals surface area contributed by atoms with E-state index in [1.807, 2.05) is 18.2 Å². The fourth-order valence-corrected chi connectivity index (χ4v) is 5.67. The molecule has 0 aliphatic carbocycles. The maximum Gasteiger partial charge on any atom is 0.415 e. The minimum absolute atomic E-state index is 0.0168. The van der Waals surface area contributed by atoms with Crippen LogP contribution in [0.15, 0.2) is 66.7 Å². The quantitative estimate of drug-likeness (QED) is 0.213. The van der Waals surface area contributed by atoms with Gasteiger partial charge in [-0.15, -0.1) is 0 Å². The Bertz CT molecular complexity index is 1240. The maximum absolute atomic E-state index is 14.7. The van der Waals surface area contributed by atoms with Gasteiger partial charge in [-0.1, -0.05) is 42.5 Å². The van der Waals surface area contributed by atoms with Crippen LogP contribution in [0.2, 0.25) is 0 Å². The summed E-state index contributed by atoms with van der Waals surface area (Å²) in [7, 11) is 0. The molecule has 4 nitrogen and oxygen atoms in total. The number of benzene rings is 3. The minimum atomic E-state index is -1.60. The van der Waals surface area contributed by atoms with E-state index in [4.69, 9.17) is 4.74 Å². The number of carbonyl (C=O) groups is 1. The van der Waals surface area contributed by atoms with Gasteiger partial charge in [-0.3, -0.25) is 4.90 Å². The van der Waals surface area contributed by atoms with Gasteiger partial charge in [0.2, 0.25) is 0 Å². The first-order chi connectivity index (χ1) is 17.8. The predicted molar refractivity (Wildman–Crippen MR) is 132 cm³/mol. The Hall–Kier alpha value is -3.39. The maximum atomic E-state index is 14.7. The largest absolute Gasteiger partial charge is 0.440 e. The van der Waals surface area contributed by atoms with Crippen LogP contribution >= 0.6 is 0 Å². The van der Waals surface area contributed by atoms with E-state index in [1.165, 1.54) is 23.8 Å². The summed E-state index contributed by atoms with van der Waals surface area (Å²) < 4.78 is 62.7. The van der Waals surface area contributed by atoms with Crippen LogP contribution in [0, 0.1) is 29.2 Å². The molecule has 194 valence electrons. The second-order valence-corrected chi connectivity index (χ2v) is 10.1. The van der Waals surface area contributed by atoms with Crippen molar-refractivity contribution in [2.75, 3.05) is 31.1 Å². The number of hydrogen-bond acceptors (Lipinski definition) is 2. The van der Waals surface area contributed by atoms with Crippen LogP contribution in [0.5, 0.6) is 0 Å². The molecule has 3 aromatic carbocycles. The lowest BCUT2D eigenvalue weighted by Crippen LogP contribution is -2.65. The molecule has 0 radical (unpaired) electrons. The van der Waals surface area contributed by atoms with Crippen LogP contribution in [-0.2, 0) is 17.7 Å². The van der Waals surface area contributed by atoms with E-state index in [1.54, 1.807) is 6.07 Å². The zero-order chi connectivity index (χ0) is 26.0. The monoisotopic (exact) mass is 513 g/mol. The van der Waals surface area contributed by atoms with Gasteiger partial charge >= 0.3 is 6.09 Å². The van der Waals surface area contributed by atoms with Crippen LogP contribution in [0.3, 0.4) is 0 Å². The summed E-state index contributed by atoms with van der Waals surface area (Å²) in [6.07, 6.45) is 1.65. The Kier molecular flexibility index (Phi) is 7.20. The Morgan fingerprint density at radius 3 is 2.19 bits per heavy atom. The molecule has 3 aliphatic rings. The third kappa shape index (κ3) is 5.49. The number of para-hydroxylation sites is 1. The lowest BCUT2D eigenvalue weighted by Gasteiger charge is -2.52. The molecule has 6 rings (SSSR count). The molecule has 37 heavy (non-hydrogen) atoms. The summed E-state index contributed by atoms with van der Waals surface area (Å²) in [6, 6.07) is 17.5. The number of hydrogen-bond donors (Lipinski definition) is 0. The summed E-state index contributed by atoms with van der Waals surface area (Å²) in [5, 5.41) is 0. The van der Waals surface area contributed by atoms with Gasteiger partial charge in [-0.05, 0) is 35.4 Å². The average Bonchev–Trinajstić information content (AvgIpc) is 2.91. The molecule has 3 saturated heterocycles. The Morgan fingerprint density at radius 2 is 1.51 bits per heavy atom. The molecule has 3 aliphatic heterocycles. The van der Waals surface area contributed by atoms with Gasteiger partial charge in [-0.2, -0.15) is 0 Å². The van der Waals surface area contributed by atoms with E-state index < -0.39 is 29.4 Å². The van der Waals surface area contributed by atoms with Crippen LogP contribution in [0.1, 0.15) is 24.0 Å². The molecule has 3 aromatic rings. The van der Waals surface area contributed by atoms with Crippen LogP contribution in [0.4, 0.5) is 28.0 Å². The molecule has 8 heteroatoms. The molecule has 0 aromatic heterocycles. The number of nitrogens with zero attached hydrogens (tertiary/aromatic N) is 2. The molecule has 0 spiro atoms. The summed E-state index contributed by atoms with van der Waals surface area (Å²) in [4.78, 5) is 14.5. The van der Waals surface area contributed by atoms with Crippen molar-refractivity contribution in [3.05, 3.63) is 101 Å². The molecule has 3 fully saturated rings. The van der Waals surface area contributed by atoms with E-state index in [0.717, 1.165) is 60.4 Å². The lowest BCUT2D eigenvalue weighted by atomic mass is 9.83. The number of halogens is 4. The van der Waals surface area contributed by atoms with Gasteiger partial charge in [0.1, 0.15) is 12.4 Å². The van der Waals surface area contributed by atoms with E-state index in [0.29, 0.717) is 6.54 Å². The van der Waals surface area contributed by atoms with E-state index in [-0.39, 0.29) is 29.8 Å². The molecule has 0 N–H and O–H groups in total. The smallest absolute Gasteiger partial charge is 0.415 e. The fraction of sp³-hybridized carbons (Fsp3) is 0.345. The van der Waals surface area contributed by atoms with Crippen molar-refractivity contribution in [2.24, 2.45) is 5.92 Å². The van der Waals surface area contributed by atoms with Gasteiger partial charge in [0.25, 0.3) is 0 Å². The van der Waals surface area contributed by atoms with Crippen molar-refractivity contribution in [1.29, 1.82) is 0 Å². The minimum Gasteiger partial charge on any atom is -0.440 e. The van der Waals surface area contributed by atoms with Gasteiger partial charge in [0.15, 0.2) is 23.6 Å². The fourth-order valence-electron chi connectivity index (χ4n) is 5.67. The Labute approximate surface area is 213 Å². The molecule has 1 atom stereocenters. The molecular formula is C29H29F4N2O2+. The van der Waals surface area contributed by atoms with Crippen molar-refractivity contribution in [3.8, 4) is 0 Å². The first-order valence-corrected chi connectivity index (χ1v) is 12.6. The number of rotatable bonds is 7. The van der Waals surface area contributed by atoms with E-state index in [2.05, 4.69) is 12.1 Å². The highest BCUT2D eigenvalue weighted by Crippen LogP contribution is 2.36. The number of piperidine rings is 3. The highest BCUT2D eigenvalue weighted by Gasteiger charge is 2.47. The van der Waals surface area contributed by atoms with Gasteiger partial charge in [0.05, 0.1) is 31.9 Å². The van der Waals surface area contributed by atoms with Crippen LogP contribution < -0.4 is 4.90 Å². The molecular weight excluding hydrogens is 484 g/mol. The number of fused-ring (bicyclic) bond motifs is 3. The third-order valence-electron chi connectivity index (χ3n) is 7.76. The first-order valence-electron chi connectivity index (χ1n) is 12.6. The molecule has 0 saturated carbocycles. The van der Waals surface area contributed by atoms with Crippen molar-refractivity contribution < 1.29 is 31.6 Å². The van der Waals surface area contributed by atoms with Crippen molar-refractivity contribution in [2.45, 2.75) is 31.9 Å². The van der Waals surface area contributed by atoms with Gasteiger partial charge in [0, 0.05) is 25.2 Å². The van der Waals surface area contributed by atoms with Gasteiger partial charge < -0.3 is 9.22 Å². The second kappa shape index (κ2) is 10.5. The number of carbonyl (C=O) groups excluding carboxylic acids is 1. The predicted octanol–water partition coefficient (Wildman–Crippen LogP) is 6.24. The molecule has 1 unspecified atom stereocenters. The number of amides is 1. The first kappa shape index (κ1) is 25.3. The summed E-state index contributed by atoms with van der Waals surface area (Å²) >= 11 is 0. The second-order valence-electron chi connectivity index (χ2n) is 10.1. The Morgan fingerprint density at radius 1 is 0.865 bits per heavy atom. The highest BCUT2D eigenvalue weighted by atomic mass is 19.2. The average molecular weight is 514 g/mol. The van der Waals surface area contributed by atoms with Crippen LogP contribution in [0.25, 0.3) is 0 Å².